The van der Waals surface area contributed by atoms with Crippen LogP contribution < -0.4 is 5.73 Å². The minimum absolute atomic E-state index is 0.548. The van der Waals surface area contributed by atoms with Crippen LogP contribution in [0.15, 0.2) is 0 Å². The summed E-state index contributed by atoms with van der Waals surface area (Å²) in [7, 11) is -3.11. The zero-order valence-electron chi connectivity index (χ0n) is 9.22. The van der Waals surface area contributed by atoms with E-state index in [-0.39, 0.29) is 0 Å². The van der Waals surface area contributed by atoms with Crippen molar-refractivity contribution in [2.45, 2.75) is 50.8 Å². The summed E-state index contributed by atoms with van der Waals surface area (Å²) in [4.78, 5) is 0. The quantitative estimate of drug-likeness (QED) is 0.756. The molecule has 0 aliphatic carbocycles. The van der Waals surface area contributed by atoms with Crippen molar-refractivity contribution < 1.29 is 8.42 Å². The summed E-state index contributed by atoms with van der Waals surface area (Å²) >= 11 is 0. The Kier molecular flexibility index (Phi) is 3.55. The molecule has 4 heteroatoms. The minimum Gasteiger partial charge on any atom is -0.324 e. The minimum atomic E-state index is -3.11. The third-order valence-corrected chi connectivity index (χ3v) is 5.83. The summed E-state index contributed by atoms with van der Waals surface area (Å²) in [6, 6.07) is 0. The average Bonchev–Trinajstić information content (AvgIpc) is 2.00. The van der Waals surface area contributed by atoms with Crippen molar-refractivity contribution in [2.24, 2.45) is 5.73 Å². The summed E-state index contributed by atoms with van der Waals surface area (Å²) in [6.45, 7) is 7.31. The molecule has 0 saturated carbocycles. The molecule has 0 heterocycles. The standard InChI is InChI=1S/C9H21NO2S/c1-6-8(3,10)9(4,7-2)13(5,11)12/h6-7,10H2,1-5H3. The lowest BCUT2D eigenvalue weighted by Crippen LogP contribution is -2.60. The molecule has 3 nitrogen and oxygen atoms in total. The second-order valence-electron chi connectivity index (χ2n) is 4.13. The fourth-order valence-corrected chi connectivity index (χ4v) is 2.98. The molecule has 0 radical (unpaired) electrons. The van der Waals surface area contributed by atoms with Crippen LogP contribution in [0.1, 0.15) is 40.5 Å². The highest BCUT2D eigenvalue weighted by atomic mass is 32.2. The molecular formula is C9H21NO2S. The van der Waals surface area contributed by atoms with Gasteiger partial charge in [0.1, 0.15) is 0 Å². The average molecular weight is 207 g/mol. The molecule has 2 unspecified atom stereocenters. The van der Waals surface area contributed by atoms with E-state index < -0.39 is 20.1 Å². The predicted molar refractivity (Wildman–Crippen MR) is 56.4 cm³/mol. The Balaban J connectivity index is 5.32. The molecule has 0 aliphatic heterocycles. The Morgan fingerprint density at radius 3 is 1.62 bits per heavy atom. The molecule has 0 aromatic carbocycles. The third kappa shape index (κ3) is 2.05. The van der Waals surface area contributed by atoms with E-state index in [0.29, 0.717) is 12.8 Å². The van der Waals surface area contributed by atoms with Crippen molar-refractivity contribution in [3.8, 4) is 0 Å². The van der Waals surface area contributed by atoms with E-state index in [0.717, 1.165) is 0 Å². The first kappa shape index (κ1) is 12.9. The second-order valence-corrected chi connectivity index (χ2v) is 6.57. The molecule has 0 aromatic heterocycles. The van der Waals surface area contributed by atoms with Gasteiger partial charge in [-0.15, -0.1) is 0 Å². The first-order valence-corrected chi connectivity index (χ1v) is 6.50. The molecule has 13 heavy (non-hydrogen) atoms. The molecule has 0 saturated heterocycles. The van der Waals surface area contributed by atoms with E-state index in [1.54, 1.807) is 13.8 Å². The van der Waals surface area contributed by atoms with Crippen LogP contribution in [0, 0.1) is 0 Å². The van der Waals surface area contributed by atoms with Crippen LogP contribution in [0.2, 0.25) is 0 Å². The Bertz CT molecular complexity index is 269. The number of sulfone groups is 1. The van der Waals surface area contributed by atoms with Crippen molar-refractivity contribution in [1.29, 1.82) is 0 Å². The molecule has 0 spiro atoms. The SMILES string of the molecule is CCC(C)(N)C(C)(CC)S(C)(=O)=O. The van der Waals surface area contributed by atoms with Gasteiger partial charge in [-0.05, 0) is 26.7 Å². The van der Waals surface area contributed by atoms with E-state index in [2.05, 4.69) is 0 Å². The number of hydrogen-bond donors (Lipinski definition) is 1. The van der Waals surface area contributed by atoms with Gasteiger partial charge in [-0.25, -0.2) is 8.42 Å². The Morgan fingerprint density at radius 1 is 1.15 bits per heavy atom. The largest absolute Gasteiger partial charge is 0.324 e. The van der Waals surface area contributed by atoms with E-state index >= 15 is 0 Å². The number of hydrogen-bond acceptors (Lipinski definition) is 3. The first-order chi connectivity index (χ1) is 5.62. The zero-order chi connectivity index (χ0) is 10.9. The highest BCUT2D eigenvalue weighted by Gasteiger charge is 2.47. The van der Waals surface area contributed by atoms with E-state index in [4.69, 9.17) is 5.73 Å². The van der Waals surface area contributed by atoms with Crippen molar-refractivity contribution in [2.75, 3.05) is 6.26 Å². The lowest BCUT2D eigenvalue weighted by molar-refractivity contribution is 0.318. The van der Waals surface area contributed by atoms with Gasteiger partial charge in [-0.2, -0.15) is 0 Å². The topological polar surface area (TPSA) is 60.2 Å². The fraction of sp³-hybridized carbons (Fsp3) is 1.00. The van der Waals surface area contributed by atoms with Crippen LogP contribution >= 0.6 is 0 Å². The van der Waals surface area contributed by atoms with Crippen molar-refractivity contribution in [1.82, 2.24) is 0 Å². The molecule has 2 atom stereocenters. The maximum Gasteiger partial charge on any atom is 0.154 e. The Morgan fingerprint density at radius 2 is 1.54 bits per heavy atom. The molecule has 0 bridgehead atoms. The first-order valence-electron chi connectivity index (χ1n) is 4.61. The van der Waals surface area contributed by atoms with Crippen LogP contribution in [-0.2, 0) is 9.84 Å². The van der Waals surface area contributed by atoms with Crippen LogP contribution in [-0.4, -0.2) is 25.0 Å². The molecule has 0 fully saturated rings. The van der Waals surface area contributed by atoms with Gasteiger partial charge in [0.05, 0.1) is 4.75 Å². The molecule has 0 aliphatic rings. The third-order valence-electron chi connectivity index (χ3n) is 3.44. The summed E-state index contributed by atoms with van der Waals surface area (Å²) < 4.78 is 22.4. The van der Waals surface area contributed by atoms with E-state index in [9.17, 15) is 8.42 Å². The van der Waals surface area contributed by atoms with Crippen molar-refractivity contribution in [3.63, 3.8) is 0 Å². The van der Waals surface area contributed by atoms with Gasteiger partial charge in [0, 0.05) is 11.8 Å². The molecule has 0 amide bonds. The Hall–Kier alpha value is -0.0900. The van der Waals surface area contributed by atoms with Crippen LogP contribution in [0.4, 0.5) is 0 Å². The highest BCUT2D eigenvalue weighted by Crippen LogP contribution is 2.33. The maximum atomic E-state index is 11.6. The van der Waals surface area contributed by atoms with Gasteiger partial charge in [0.2, 0.25) is 0 Å². The van der Waals surface area contributed by atoms with Crippen LogP contribution in [0.5, 0.6) is 0 Å². The molecule has 80 valence electrons. The molecule has 0 rings (SSSR count). The van der Waals surface area contributed by atoms with Crippen LogP contribution in [0.25, 0.3) is 0 Å². The maximum absolute atomic E-state index is 11.6. The summed E-state index contributed by atoms with van der Waals surface area (Å²) in [5, 5.41) is 0. The summed E-state index contributed by atoms with van der Waals surface area (Å²) in [6.07, 6.45) is 2.47. The van der Waals surface area contributed by atoms with Gasteiger partial charge < -0.3 is 5.73 Å². The van der Waals surface area contributed by atoms with E-state index in [1.807, 2.05) is 13.8 Å². The second kappa shape index (κ2) is 3.58. The molecular weight excluding hydrogens is 186 g/mol. The van der Waals surface area contributed by atoms with Crippen molar-refractivity contribution in [3.05, 3.63) is 0 Å². The van der Waals surface area contributed by atoms with Gasteiger partial charge in [0.25, 0.3) is 0 Å². The van der Waals surface area contributed by atoms with Gasteiger partial charge in [-0.1, -0.05) is 13.8 Å². The normalized spacial score (nSPS) is 22.0. The zero-order valence-corrected chi connectivity index (χ0v) is 10.0. The predicted octanol–water partition coefficient (Wildman–Crippen LogP) is 1.33. The number of nitrogens with two attached hydrogens (primary N) is 1. The van der Waals surface area contributed by atoms with E-state index in [1.165, 1.54) is 6.26 Å². The van der Waals surface area contributed by atoms with Crippen molar-refractivity contribution >= 4 is 9.84 Å². The monoisotopic (exact) mass is 207 g/mol. The van der Waals surface area contributed by atoms with Gasteiger partial charge >= 0.3 is 0 Å². The number of rotatable bonds is 4. The lowest BCUT2D eigenvalue weighted by Gasteiger charge is -2.41. The highest BCUT2D eigenvalue weighted by molar-refractivity contribution is 7.92. The smallest absolute Gasteiger partial charge is 0.154 e. The summed E-state index contributed by atoms with van der Waals surface area (Å²) in [5.74, 6) is 0. The summed E-state index contributed by atoms with van der Waals surface area (Å²) in [5.41, 5.74) is 5.35. The van der Waals surface area contributed by atoms with Gasteiger partial charge in [0.15, 0.2) is 9.84 Å². The molecule has 2 N–H and O–H groups in total. The molecule has 0 aromatic rings. The van der Waals surface area contributed by atoms with Crippen LogP contribution in [0.3, 0.4) is 0 Å². The van der Waals surface area contributed by atoms with Gasteiger partial charge in [-0.3, -0.25) is 0 Å². The fourth-order valence-electron chi connectivity index (χ4n) is 1.46. The lowest BCUT2D eigenvalue weighted by atomic mass is 9.83. The Labute approximate surface area is 81.6 Å².